The fourth-order valence-corrected chi connectivity index (χ4v) is 5.92. The third-order valence-electron chi connectivity index (χ3n) is 7.39. The number of hydrogen-bond acceptors (Lipinski definition) is 7. The molecule has 10 nitrogen and oxygen atoms in total. The van der Waals surface area contributed by atoms with E-state index in [0.29, 0.717) is 25.4 Å². The Hall–Kier alpha value is -3.93. The first-order valence-electron chi connectivity index (χ1n) is 13.7. The van der Waals surface area contributed by atoms with Crippen molar-refractivity contribution in [2.75, 3.05) is 31.5 Å². The summed E-state index contributed by atoms with van der Waals surface area (Å²) in [5.74, 6) is -1.12. The zero-order chi connectivity index (χ0) is 30.6. The van der Waals surface area contributed by atoms with Crippen LogP contribution in [0.4, 0.5) is 5.69 Å². The number of carbonyl (C=O) groups excluding carboxylic acids is 1. The van der Waals surface area contributed by atoms with Crippen LogP contribution in [0.25, 0.3) is 0 Å². The van der Waals surface area contributed by atoms with Crippen LogP contribution < -0.4 is 9.46 Å². The van der Waals surface area contributed by atoms with Crippen LogP contribution in [0.3, 0.4) is 0 Å². The zero-order valence-corrected chi connectivity index (χ0v) is 25.0. The van der Waals surface area contributed by atoms with Gasteiger partial charge in [0.05, 0.1) is 28.7 Å². The van der Waals surface area contributed by atoms with E-state index < -0.39 is 22.0 Å². The molecule has 0 spiro atoms. The van der Waals surface area contributed by atoms with Crippen molar-refractivity contribution in [3.8, 4) is 5.75 Å². The van der Waals surface area contributed by atoms with Crippen LogP contribution in [0, 0.1) is 12.8 Å². The van der Waals surface area contributed by atoms with Crippen LogP contribution in [0.15, 0.2) is 71.6 Å². The number of rotatable bonds is 10. The van der Waals surface area contributed by atoms with E-state index in [1.54, 1.807) is 60.4 Å². The van der Waals surface area contributed by atoms with E-state index >= 15 is 0 Å². The smallest absolute Gasteiger partial charge is 0.335 e. The van der Waals surface area contributed by atoms with Crippen LogP contribution in [0.2, 0.25) is 0 Å². The predicted octanol–water partition coefficient (Wildman–Crippen LogP) is 3.85. The average Bonchev–Trinajstić information content (AvgIpc) is 2.95. The Morgan fingerprint density at radius 3 is 2.40 bits per heavy atom. The van der Waals surface area contributed by atoms with E-state index in [2.05, 4.69) is 9.62 Å². The molecule has 3 N–H and O–H groups in total. The third-order valence-corrected chi connectivity index (χ3v) is 8.79. The molecule has 1 heterocycles. The van der Waals surface area contributed by atoms with E-state index in [9.17, 15) is 23.1 Å². The molecule has 3 aromatic rings. The number of hydrogen-bond donors (Lipinski definition) is 3. The van der Waals surface area contributed by atoms with Gasteiger partial charge in [-0.3, -0.25) is 14.4 Å². The molecule has 11 heteroatoms. The topological polar surface area (TPSA) is 136 Å². The van der Waals surface area contributed by atoms with Crippen LogP contribution >= 0.6 is 0 Å². The number of fused-ring (bicyclic) bond motifs is 1. The van der Waals surface area contributed by atoms with Gasteiger partial charge in [-0.05, 0) is 68.9 Å². The predicted molar refractivity (Wildman–Crippen MR) is 159 cm³/mol. The average molecular weight is 596 g/mol. The summed E-state index contributed by atoms with van der Waals surface area (Å²) >= 11 is 0. The number of ether oxygens (including phenoxy) is 1. The molecule has 0 fully saturated rings. The lowest BCUT2D eigenvalue weighted by Crippen LogP contribution is -2.49. The molecule has 224 valence electrons. The Morgan fingerprint density at radius 2 is 1.79 bits per heavy atom. The normalized spacial score (nSPS) is 18.0. The lowest BCUT2D eigenvalue weighted by Gasteiger charge is -2.38. The Morgan fingerprint density at radius 1 is 1.12 bits per heavy atom. The van der Waals surface area contributed by atoms with Gasteiger partial charge >= 0.3 is 5.97 Å². The zero-order valence-electron chi connectivity index (χ0n) is 24.1. The molecular weight excluding hydrogens is 558 g/mol. The second-order valence-electron chi connectivity index (χ2n) is 11.0. The van der Waals surface area contributed by atoms with Gasteiger partial charge in [-0.15, -0.1) is 0 Å². The lowest BCUT2D eigenvalue weighted by atomic mass is 9.99. The van der Waals surface area contributed by atoms with Gasteiger partial charge in [-0.25, -0.2) is 13.2 Å². The number of aliphatic hydroxyl groups is 1. The summed E-state index contributed by atoms with van der Waals surface area (Å²) in [5, 5.41) is 19.1. The van der Waals surface area contributed by atoms with Gasteiger partial charge in [0, 0.05) is 31.2 Å². The number of carbonyl (C=O) groups is 2. The maximum Gasteiger partial charge on any atom is 0.335 e. The van der Waals surface area contributed by atoms with Crippen LogP contribution in [-0.4, -0.2) is 79.2 Å². The van der Waals surface area contributed by atoms with Crippen molar-refractivity contribution in [3.63, 3.8) is 0 Å². The molecule has 42 heavy (non-hydrogen) atoms. The summed E-state index contributed by atoms with van der Waals surface area (Å²) in [7, 11) is -1.96. The number of aliphatic hydroxyl groups excluding tert-OH is 1. The Bertz CT molecular complexity index is 1530. The summed E-state index contributed by atoms with van der Waals surface area (Å²) in [4.78, 5) is 28.6. The first kappa shape index (κ1) is 31.0. The molecule has 3 aromatic carbocycles. The largest absolute Gasteiger partial charge is 0.488 e. The van der Waals surface area contributed by atoms with Crippen molar-refractivity contribution in [1.29, 1.82) is 0 Å². The van der Waals surface area contributed by atoms with E-state index in [1.165, 1.54) is 18.2 Å². The maximum atomic E-state index is 13.7. The standard InChI is InChI=1S/C31H37N3O7S/c1-20-5-12-26(13-6-20)42(39,40)32-25-11-14-28-27(15-25)30(36)34(22(3)19-35)16-21(2)29(41-28)18-33(4)17-23-7-9-24(10-8-23)31(37)38/h5-15,21-22,29,32,35H,16-19H2,1-4H3,(H,37,38)/t21-,22+,29+/m1/s1. The minimum Gasteiger partial charge on any atom is -0.488 e. The summed E-state index contributed by atoms with van der Waals surface area (Å²) in [6, 6.07) is 17.3. The number of carboxylic acids is 1. The number of nitrogens with zero attached hydrogens (tertiary/aromatic N) is 2. The summed E-state index contributed by atoms with van der Waals surface area (Å²) in [5.41, 5.74) is 2.51. The van der Waals surface area contributed by atoms with E-state index in [0.717, 1.165) is 11.1 Å². The number of nitrogens with one attached hydrogen (secondary N) is 1. The van der Waals surface area contributed by atoms with Gasteiger partial charge < -0.3 is 19.8 Å². The molecule has 3 atom stereocenters. The Kier molecular flexibility index (Phi) is 9.55. The van der Waals surface area contributed by atoms with Gasteiger partial charge in [-0.2, -0.15) is 0 Å². The van der Waals surface area contributed by atoms with Crippen molar-refractivity contribution in [3.05, 3.63) is 89.0 Å². The lowest BCUT2D eigenvalue weighted by molar-refractivity contribution is 0.0341. The van der Waals surface area contributed by atoms with E-state index in [4.69, 9.17) is 9.84 Å². The second-order valence-corrected chi connectivity index (χ2v) is 12.6. The van der Waals surface area contributed by atoms with Gasteiger partial charge in [-0.1, -0.05) is 36.8 Å². The SMILES string of the molecule is Cc1ccc(S(=O)(=O)Nc2ccc3c(c2)C(=O)N([C@@H](C)CO)C[C@@H](C)[C@H](CN(C)Cc2ccc(C(=O)O)cc2)O3)cc1. The highest BCUT2D eigenvalue weighted by molar-refractivity contribution is 7.92. The minimum atomic E-state index is -3.89. The minimum absolute atomic E-state index is 0.104. The maximum absolute atomic E-state index is 13.7. The number of carboxylic acid groups (broad SMARTS) is 1. The molecule has 1 amide bonds. The number of aromatic carboxylic acids is 1. The van der Waals surface area contributed by atoms with Crippen LogP contribution in [-0.2, 0) is 16.6 Å². The molecule has 0 saturated carbocycles. The van der Waals surface area contributed by atoms with E-state index in [1.807, 2.05) is 20.9 Å². The summed E-state index contributed by atoms with van der Waals surface area (Å²) in [6.45, 7) is 6.76. The summed E-state index contributed by atoms with van der Waals surface area (Å²) in [6.07, 6.45) is -0.344. The third kappa shape index (κ3) is 7.28. The molecule has 0 aromatic heterocycles. The number of anilines is 1. The van der Waals surface area contributed by atoms with Crippen LogP contribution in [0.5, 0.6) is 5.75 Å². The monoisotopic (exact) mass is 595 g/mol. The highest BCUT2D eigenvalue weighted by atomic mass is 32.2. The Balaban J connectivity index is 1.60. The van der Waals surface area contributed by atoms with Crippen molar-refractivity contribution in [1.82, 2.24) is 9.80 Å². The molecule has 1 aliphatic rings. The first-order chi connectivity index (χ1) is 19.9. The number of aryl methyl sites for hydroxylation is 1. The molecule has 1 aliphatic heterocycles. The van der Waals surface area contributed by atoms with Crippen molar-refractivity contribution >= 4 is 27.6 Å². The molecule has 0 bridgehead atoms. The van der Waals surface area contributed by atoms with Gasteiger partial charge in [0.25, 0.3) is 15.9 Å². The molecule has 0 saturated heterocycles. The first-order valence-corrected chi connectivity index (χ1v) is 15.2. The quantitative estimate of drug-likeness (QED) is 0.322. The van der Waals surface area contributed by atoms with Crippen LogP contribution in [0.1, 0.15) is 45.7 Å². The number of benzene rings is 3. The van der Waals surface area contributed by atoms with E-state index in [-0.39, 0.29) is 46.2 Å². The van der Waals surface area contributed by atoms with Gasteiger partial charge in [0.15, 0.2) is 0 Å². The number of likely N-dealkylation sites (N-methyl/N-ethyl adjacent to an activating group) is 1. The highest BCUT2D eigenvalue weighted by Crippen LogP contribution is 2.31. The number of amides is 1. The fourth-order valence-electron chi connectivity index (χ4n) is 4.87. The molecule has 4 rings (SSSR count). The molecular formula is C31H37N3O7S. The highest BCUT2D eigenvalue weighted by Gasteiger charge is 2.33. The molecule has 0 unspecified atom stereocenters. The van der Waals surface area contributed by atoms with Crippen molar-refractivity contribution in [2.45, 2.75) is 44.4 Å². The number of sulfonamides is 1. The Labute approximate surface area is 246 Å². The fraction of sp³-hybridized carbons (Fsp3) is 0.355. The van der Waals surface area contributed by atoms with Gasteiger partial charge in [0.1, 0.15) is 11.9 Å². The summed E-state index contributed by atoms with van der Waals surface area (Å²) < 4.78 is 35.0. The van der Waals surface area contributed by atoms with Gasteiger partial charge in [0.2, 0.25) is 0 Å². The second kappa shape index (κ2) is 12.9. The van der Waals surface area contributed by atoms with Crippen molar-refractivity contribution < 1.29 is 33.0 Å². The molecule has 0 aliphatic carbocycles. The molecule has 0 radical (unpaired) electrons. The van der Waals surface area contributed by atoms with Crippen molar-refractivity contribution in [2.24, 2.45) is 5.92 Å².